The first-order valence-corrected chi connectivity index (χ1v) is 11.5. The summed E-state index contributed by atoms with van der Waals surface area (Å²) in [5, 5.41) is 4.40. The van der Waals surface area contributed by atoms with E-state index in [9.17, 15) is 8.78 Å². The summed E-state index contributed by atoms with van der Waals surface area (Å²) in [5.41, 5.74) is 11.5. The molecule has 0 amide bonds. The highest BCUT2D eigenvalue weighted by Crippen LogP contribution is 2.42. The predicted octanol–water partition coefficient (Wildman–Crippen LogP) is 6.66. The van der Waals surface area contributed by atoms with E-state index in [0.29, 0.717) is 30.9 Å². The maximum absolute atomic E-state index is 13.8. The van der Waals surface area contributed by atoms with Crippen LogP contribution in [0.5, 0.6) is 0 Å². The third kappa shape index (κ3) is 5.25. The molecule has 0 saturated heterocycles. The second-order valence-electron chi connectivity index (χ2n) is 8.69. The van der Waals surface area contributed by atoms with Crippen molar-refractivity contribution in [2.75, 3.05) is 19.0 Å². The van der Waals surface area contributed by atoms with Crippen LogP contribution in [0.1, 0.15) is 43.7 Å². The monoisotopic (exact) mass is 469 g/mol. The molecule has 174 valence electrons. The maximum Gasteiger partial charge on any atom is 0.248 e. The lowest BCUT2D eigenvalue weighted by Crippen LogP contribution is -2.26. The zero-order valence-corrected chi connectivity index (χ0v) is 19.6. The molecule has 33 heavy (non-hydrogen) atoms. The lowest BCUT2D eigenvalue weighted by molar-refractivity contribution is -0.0435. The molecular weight excluding hydrogens is 440 g/mol. The Kier molecular flexibility index (Phi) is 6.81. The Morgan fingerprint density at radius 3 is 2.70 bits per heavy atom. The molecule has 1 aromatic heterocycles. The van der Waals surface area contributed by atoms with Gasteiger partial charge in [-0.2, -0.15) is 0 Å². The molecule has 4 nitrogen and oxygen atoms in total. The van der Waals surface area contributed by atoms with E-state index in [0.717, 1.165) is 39.0 Å². The second-order valence-corrected chi connectivity index (χ2v) is 9.13. The smallest absolute Gasteiger partial charge is 0.248 e. The molecule has 1 fully saturated rings. The van der Waals surface area contributed by atoms with Gasteiger partial charge in [0.1, 0.15) is 4.99 Å². The summed E-state index contributed by atoms with van der Waals surface area (Å²) in [6.45, 7) is 4.66. The first-order chi connectivity index (χ1) is 15.8. The van der Waals surface area contributed by atoms with Crippen molar-refractivity contribution >= 4 is 33.8 Å². The number of anilines is 1. The molecule has 4 rings (SSSR count). The van der Waals surface area contributed by atoms with E-state index in [-0.39, 0.29) is 18.9 Å². The molecule has 1 saturated carbocycles. The summed E-state index contributed by atoms with van der Waals surface area (Å²) in [7, 11) is 1.66. The van der Waals surface area contributed by atoms with Gasteiger partial charge in [0.05, 0.1) is 12.1 Å². The van der Waals surface area contributed by atoms with Crippen molar-refractivity contribution in [1.29, 1.82) is 0 Å². The number of methoxy groups -OCH3 is 1. The number of nitrogens with two attached hydrogens (primary N) is 1. The fraction of sp³-hybridized carbons (Fsp3) is 0.346. The van der Waals surface area contributed by atoms with E-state index < -0.39 is 5.92 Å². The number of benzene rings is 2. The molecule has 1 heterocycles. The van der Waals surface area contributed by atoms with Crippen LogP contribution in [0, 0.1) is 0 Å². The number of thiocarbonyl (C=S) groups is 1. The van der Waals surface area contributed by atoms with Crippen molar-refractivity contribution < 1.29 is 13.5 Å². The third-order valence-corrected chi connectivity index (χ3v) is 6.54. The minimum absolute atomic E-state index is 0.0200. The molecule has 1 aliphatic rings. The summed E-state index contributed by atoms with van der Waals surface area (Å²) in [5.74, 6) is -2.57. The number of halogens is 2. The summed E-state index contributed by atoms with van der Waals surface area (Å²) >= 11 is 5.16. The van der Waals surface area contributed by atoms with Gasteiger partial charge in [-0.25, -0.2) is 8.78 Å². The summed E-state index contributed by atoms with van der Waals surface area (Å²) in [6, 6.07) is 14.0. The molecule has 0 bridgehead atoms. The van der Waals surface area contributed by atoms with Gasteiger partial charge in [0.2, 0.25) is 5.92 Å². The van der Waals surface area contributed by atoms with E-state index in [1.54, 1.807) is 7.11 Å². The van der Waals surface area contributed by atoms with Crippen LogP contribution in [0.3, 0.4) is 0 Å². The van der Waals surface area contributed by atoms with E-state index in [1.165, 1.54) is 0 Å². The fourth-order valence-electron chi connectivity index (χ4n) is 4.50. The maximum atomic E-state index is 13.8. The molecule has 2 aromatic carbocycles. The Balaban J connectivity index is 1.76. The largest absolute Gasteiger partial charge is 0.389 e. The number of nitrogens with zero attached hydrogens (tertiary/aromatic N) is 1. The van der Waals surface area contributed by atoms with Crippen molar-refractivity contribution in [2.45, 2.75) is 44.1 Å². The van der Waals surface area contributed by atoms with Crippen LogP contribution in [-0.4, -0.2) is 29.2 Å². The van der Waals surface area contributed by atoms with Gasteiger partial charge in [0.15, 0.2) is 0 Å². The van der Waals surface area contributed by atoms with Gasteiger partial charge in [-0.15, -0.1) is 0 Å². The number of alkyl halides is 2. The second kappa shape index (κ2) is 9.61. The van der Waals surface area contributed by atoms with Gasteiger partial charge in [-0.05, 0) is 36.6 Å². The Morgan fingerprint density at radius 1 is 1.24 bits per heavy atom. The van der Waals surface area contributed by atoms with Crippen molar-refractivity contribution in [3.05, 3.63) is 66.5 Å². The molecule has 0 aliphatic heterocycles. The van der Waals surface area contributed by atoms with Gasteiger partial charge in [0, 0.05) is 66.5 Å². The Labute approximate surface area is 198 Å². The average Bonchev–Trinajstić information content (AvgIpc) is 3.16. The SMILES string of the molecule is C=C(CCOC)Nc1ccc2c(-c3cccc(C(N)=S)c3)cn(C3CCC(F)(F)CC3)c2c1. The highest BCUT2D eigenvalue weighted by atomic mass is 32.1. The minimum atomic E-state index is -2.57. The summed E-state index contributed by atoms with van der Waals surface area (Å²) in [4.78, 5) is 0.344. The van der Waals surface area contributed by atoms with Crippen molar-refractivity contribution in [3.63, 3.8) is 0 Å². The minimum Gasteiger partial charge on any atom is -0.389 e. The number of aromatic nitrogens is 1. The van der Waals surface area contributed by atoms with Gasteiger partial charge in [0.25, 0.3) is 0 Å². The molecule has 3 aromatic rings. The number of nitrogens with one attached hydrogen (secondary N) is 1. The number of hydrogen-bond acceptors (Lipinski definition) is 3. The van der Waals surface area contributed by atoms with Crippen LogP contribution in [0.25, 0.3) is 22.0 Å². The molecule has 7 heteroatoms. The number of hydrogen-bond donors (Lipinski definition) is 2. The Morgan fingerprint density at radius 2 is 2.00 bits per heavy atom. The zero-order valence-electron chi connectivity index (χ0n) is 18.7. The quantitative estimate of drug-likeness (QED) is 0.363. The highest BCUT2D eigenvalue weighted by molar-refractivity contribution is 7.80. The fourth-order valence-corrected chi connectivity index (χ4v) is 4.62. The highest BCUT2D eigenvalue weighted by Gasteiger charge is 2.36. The average molecular weight is 470 g/mol. The van der Waals surface area contributed by atoms with Gasteiger partial charge in [-0.3, -0.25) is 0 Å². The van der Waals surface area contributed by atoms with Crippen LogP contribution in [-0.2, 0) is 4.74 Å². The molecule has 0 radical (unpaired) electrons. The van der Waals surface area contributed by atoms with Crippen LogP contribution in [0.2, 0.25) is 0 Å². The number of rotatable bonds is 8. The summed E-state index contributed by atoms with van der Waals surface area (Å²) in [6.07, 6.45) is 3.50. The van der Waals surface area contributed by atoms with Crippen LogP contribution < -0.4 is 11.1 Å². The lowest BCUT2D eigenvalue weighted by Gasteiger charge is -2.30. The molecule has 0 unspecified atom stereocenters. The van der Waals surface area contributed by atoms with Gasteiger partial charge >= 0.3 is 0 Å². The summed E-state index contributed by atoms with van der Waals surface area (Å²) < 4.78 is 35.0. The molecular formula is C26H29F2N3OS. The van der Waals surface area contributed by atoms with Crippen LogP contribution in [0.4, 0.5) is 14.5 Å². The number of ether oxygens (including phenoxy) is 1. The van der Waals surface area contributed by atoms with E-state index in [1.807, 2.05) is 30.3 Å². The predicted molar refractivity (Wildman–Crippen MR) is 135 cm³/mol. The van der Waals surface area contributed by atoms with Gasteiger partial charge < -0.3 is 20.4 Å². The van der Waals surface area contributed by atoms with Crippen molar-refractivity contribution in [1.82, 2.24) is 4.57 Å². The van der Waals surface area contributed by atoms with Gasteiger partial charge in [-0.1, -0.05) is 43.1 Å². The van der Waals surface area contributed by atoms with E-state index in [4.69, 9.17) is 22.7 Å². The zero-order chi connectivity index (χ0) is 23.6. The first kappa shape index (κ1) is 23.4. The Hall–Kier alpha value is -2.77. The van der Waals surface area contributed by atoms with Crippen molar-refractivity contribution in [3.8, 4) is 11.1 Å². The first-order valence-electron chi connectivity index (χ1n) is 11.1. The van der Waals surface area contributed by atoms with Crippen LogP contribution >= 0.6 is 12.2 Å². The third-order valence-electron chi connectivity index (χ3n) is 6.30. The molecule has 0 atom stereocenters. The normalized spacial score (nSPS) is 16.1. The molecule has 0 spiro atoms. The molecule has 3 N–H and O–H groups in total. The molecule has 1 aliphatic carbocycles. The van der Waals surface area contributed by atoms with Crippen LogP contribution in [0.15, 0.2) is 60.9 Å². The Bertz CT molecular complexity index is 1180. The van der Waals surface area contributed by atoms with Crippen molar-refractivity contribution in [2.24, 2.45) is 5.73 Å². The van der Waals surface area contributed by atoms with E-state index >= 15 is 0 Å². The number of fused-ring (bicyclic) bond motifs is 1. The standard InChI is InChI=1S/C26H29F2N3OS/c1-17(10-13-32-2)30-20-6-7-22-23(18-4-3-5-19(14-18)25(29)33)16-31(24(22)15-20)21-8-11-26(27,28)12-9-21/h3-7,14-16,21,30H,1,8-13H2,2H3,(H2,29,33). The lowest BCUT2D eigenvalue weighted by atomic mass is 9.92. The topological polar surface area (TPSA) is 52.2 Å². The van der Waals surface area contributed by atoms with E-state index in [2.05, 4.69) is 34.8 Å².